The Hall–Kier alpha value is -2.38. The molecule has 0 radical (unpaired) electrons. The van der Waals surface area contributed by atoms with E-state index in [1.807, 2.05) is 6.07 Å². The first-order valence-corrected chi connectivity index (χ1v) is 10.1. The van der Waals surface area contributed by atoms with E-state index in [1.54, 1.807) is 0 Å². The smallest absolute Gasteiger partial charge is 0.368 e. The number of nitrogens with zero attached hydrogens (tertiary/aromatic N) is 1. The Morgan fingerprint density at radius 3 is 2.27 bits per heavy atom. The second-order valence-corrected chi connectivity index (χ2v) is 7.48. The minimum atomic E-state index is -4.72. The van der Waals surface area contributed by atoms with Crippen LogP contribution in [0.15, 0.2) is 28.8 Å². The first kappa shape index (κ1) is 25.7. The van der Waals surface area contributed by atoms with Crippen molar-refractivity contribution < 1.29 is 26.9 Å². The molecule has 1 aromatic heterocycles. The number of Topliss-reactive ketones (excluding diaryl/α,β-unsaturated/α-hetero) is 1. The van der Waals surface area contributed by atoms with Gasteiger partial charge in [-0.25, -0.2) is 4.39 Å². The lowest BCUT2D eigenvalue weighted by Gasteiger charge is -2.15. The molecule has 0 bridgehead atoms. The predicted molar refractivity (Wildman–Crippen MR) is 109 cm³/mol. The molecule has 1 heterocycles. The number of carbonyl (C=O) groups excluding carboxylic acids is 1. The fraction of sp³-hybridized carbons (Fsp3) is 0.545. The van der Waals surface area contributed by atoms with Crippen molar-refractivity contribution in [3.8, 4) is 0 Å². The number of nitrogen functional groups attached to an aromatic ring is 1. The van der Waals surface area contributed by atoms with Crippen molar-refractivity contribution in [1.29, 1.82) is 0 Å². The van der Waals surface area contributed by atoms with Crippen LogP contribution in [0.25, 0.3) is 0 Å². The molecule has 0 amide bonds. The van der Waals surface area contributed by atoms with Crippen molar-refractivity contribution in [2.75, 3.05) is 5.73 Å². The summed E-state index contributed by atoms with van der Waals surface area (Å²) in [6.07, 6.45) is 1.32. The lowest BCUT2D eigenvalue weighted by atomic mass is 9.90. The van der Waals surface area contributed by atoms with Crippen LogP contribution in [-0.2, 0) is 6.18 Å². The molecule has 168 valence electrons. The SMILES string of the molecule is CC(=O)c1ccc(C(F)(F)F)c(F)c1.CCCC(CCC(C)CC)c1cc(N)on1. The maximum atomic E-state index is 12.8. The fourth-order valence-electron chi connectivity index (χ4n) is 2.94. The zero-order valence-electron chi connectivity index (χ0n) is 17.9. The highest BCUT2D eigenvalue weighted by atomic mass is 19.4. The Labute approximate surface area is 174 Å². The van der Waals surface area contributed by atoms with Crippen molar-refractivity contribution >= 4 is 11.7 Å². The lowest BCUT2D eigenvalue weighted by Crippen LogP contribution is -2.09. The van der Waals surface area contributed by atoms with Gasteiger partial charge in [-0.1, -0.05) is 51.3 Å². The van der Waals surface area contributed by atoms with Gasteiger partial charge in [-0.2, -0.15) is 13.2 Å². The number of aromatic nitrogens is 1. The van der Waals surface area contributed by atoms with Crippen LogP contribution in [0.5, 0.6) is 0 Å². The molecule has 4 nitrogen and oxygen atoms in total. The van der Waals surface area contributed by atoms with E-state index in [0.29, 0.717) is 23.9 Å². The number of nitrogens with two attached hydrogens (primary N) is 1. The van der Waals surface area contributed by atoms with Crippen LogP contribution in [0, 0.1) is 11.7 Å². The summed E-state index contributed by atoms with van der Waals surface area (Å²) in [5, 5.41) is 4.04. The monoisotopic (exact) mass is 430 g/mol. The molecule has 2 rings (SSSR count). The van der Waals surface area contributed by atoms with Gasteiger partial charge in [0.2, 0.25) is 5.88 Å². The highest BCUT2D eigenvalue weighted by molar-refractivity contribution is 5.94. The van der Waals surface area contributed by atoms with Crippen LogP contribution in [-0.4, -0.2) is 10.9 Å². The topological polar surface area (TPSA) is 69.1 Å². The van der Waals surface area contributed by atoms with Crippen LogP contribution in [0.2, 0.25) is 0 Å². The predicted octanol–water partition coefficient (Wildman–Crippen LogP) is 7.01. The maximum absolute atomic E-state index is 12.8. The number of carbonyl (C=O) groups is 1. The summed E-state index contributed by atoms with van der Waals surface area (Å²) < 4.78 is 54.0. The Kier molecular flexibility index (Phi) is 10.0. The summed E-state index contributed by atoms with van der Waals surface area (Å²) >= 11 is 0. The third-order valence-electron chi connectivity index (χ3n) is 4.99. The molecule has 0 spiro atoms. The summed E-state index contributed by atoms with van der Waals surface area (Å²) in [6, 6.07) is 3.97. The third kappa shape index (κ3) is 8.16. The molecule has 8 heteroatoms. The molecule has 1 aromatic carbocycles. The minimum absolute atomic E-state index is 0.0736. The van der Waals surface area contributed by atoms with E-state index in [0.717, 1.165) is 24.6 Å². The fourth-order valence-corrected chi connectivity index (χ4v) is 2.94. The maximum Gasteiger partial charge on any atom is 0.419 e. The average molecular weight is 430 g/mol. The van der Waals surface area contributed by atoms with Gasteiger partial charge in [0, 0.05) is 17.5 Å². The van der Waals surface area contributed by atoms with Crippen molar-refractivity contribution in [2.24, 2.45) is 5.92 Å². The molecule has 2 aromatic rings. The van der Waals surface area contributed by atoms with Crippen molar-refractivity contribution in [3.05, 3.63) is 46.9 Å². The Bertz CT molecular complexity index is 803. The zero-order chi connectivity index (χ0) is 22.9. The number of hydrogen-bond donors (Lipinski definition) is 1. The van der Waals surface area contributed by atoms with E-state index in [4.69, 9.17) is 10.3 Å². The minimum Gasteiger partial charge on any atom is -0.368 e. The standard InChI is InChI=1S/C13H24N2O.C9H6F4O/c1-4-6-11(8-7-10(3)5-2)12-9-13(14)16-15-12;1-5(14)6-2-3-7(8(10)4-6)9(11,12)13/h9-11H,4-8,14H2,1-3H3;2-4H,1H3. The van der Waals surface area contributed by atoms with Gasteiger partial charge >= 0.3 is 6.18 Å². The van der Waals surface area contributed by atoms with Crippen LogP contribution >= 0.6 is 0 Å². The van der Waals surface area contributed by atoms with E-state index < -0.39 is 23.3 Å². The van der Waals surface area contributed by atoms with Gasteiger partial charge in [-0.15, -0.1) is 0 Å². The van der Waals surface area contributed by atoms with Gasteiger partial charge in [-0.3, -0.25) is 4.79 Å². The molecule has 2 N–H and O–H groups in total. The molecule has 0 saturated carbocycles. The highest BCUT2D eigenvalue weighted by Crippen LogP contribution is 2.31. The number of ketones is 1. The Morgan fingerprint density at radius 2 is 1.83 bits per heavy atom. The molecule has 0 aliphatic carbocycles. The van der Waals surface area contributed by atoms with Gasteiger partial charge in [0.05, 0.1) is 11.3 Å². The van der Waals surface area contributed by atoms with Crippen LogP contribution in [0.1, 0.15) is 87.3 Å². The third-order valence-corrected chi connectivity index (χ3v) is 4.99. The number of rotatable bonds is 8. The summed E-state index contributed by atoms with van der Waals surface area (Å²) in [5.74, 6) is -0.161. The molecule has 0 saturated heterocycles. The molecule has 30 heavy (non-hydrogen) atoms. The average Bonchev–Trinajstić information content (AvgIpc) is 3.10. The lowest BCUT2D eigenvalue weighted by molar-refractivity contribution is -0.140. The number of halogens is 4. The first-order chi connectivity index (χ1) is 14.0. The van der Waals surface area contributed by atoms with Crippen LogP contribution < -0.4 is 5.73 Å². The number of anilines is 1. The summed E-state index contributed by atoms with van der Waals surface area (Å²) in [7, 11) is 0. The molecule has 0 aliphatic rings. The van der Waals surface area contributed by atoms with Gasteiger partial charge in [0.25, 0.3) is 0 Å². The second kappa shape index (κ2) is 11.7. The quantitative estimate of drug-likeness (QED) is 0.361. The highest BCUT2D eigenvalue weighted by Gasteiger charge is 2.34. The number of benzene rings is 1. The molecule has 0 aliphatic heterocycles. The van der Waals surface area contributed by atoms with E-state index in [2.05, 4.69) is 25.9 Å². The van der Waals surface area contributed by atoms with E-state index in [-0.39, 0.29) is 5.56 Å². The summed E-state index contributed by atoms with van der Waals surface area (Å²) in [4.78, 5) is 10.7. The van der Waals surface area contributed by atoms with Crippen molar-refractivity contribution in [2.45, 2.75) is 71.9 Å². The molecule has 0 fully saturated rings. The van der Waals surface area contributed by atoms with Crippen LogP contribution in [0.3, 0.4) is 0 Å². The van der Waals surface area contributed by atoms with Gasteiger partial charge < -0.3 is 10.3 Å². The van der Waals surface area contributed by atoms with Crippen molar-refractivity contribution in [3.63, 3.8) is 0 Å². The number of alkyl halides is 3. The first-order valence-electron chi connectivity index (χ1n) is 10.1. The Balaban J connectivity index is 0.000000303. The molecule has 2 unspecified atom stereocenters. The summed E-state index contributed by atoms with van der Waals surface area (Å²) in [6.45, 7) is 7.91. The van der Waals surface area contributed by atoms with Gasteiger partial charge in [0.1, 0.15) is 5.82 Å². The Morgan fingerprint density at radius 1 is 1.17 bits per heavy atom. The van der Waals surface area contributed by atoms with Crippen LogP contribution in [0.4, 0.5) is 23.4 Å². The zero-order valence-corrected chi connectivity index (χ0v) is 17.9. The number of hydrogen-bond acceptors (Lipinski definition) is 4. The van der Waals surface area contributed by atoms with E-state index >= 15 is 0 Å². The molecule has 2 atom stereocenters. The molecular formula is C22H30F4N2O2. The van der Waals surface area contributed by atoms with E-state index in [9.17, 15) is 22.4 Å². The van der Waals surface area contributed by atoms with E-state index in [1.165, 1.54) is 32.1 Å². The second-order valence-electron chi connectivity index (χ2n) is 7.48. The normalized spacial score (nSPS) is 13.3. The van der Waals surface area contributed by atoms with Gasteiger partial charge in [-0.05, 0) is 37.8 Å². The molecular weight excluding hydrogens is 400 g/mol. The van der Waals surface area contributed by atoms with Gasteiger partial charge in [0.15, 0.2) is 5.78 Å². The summed E-state index contributed by atoms with van der Waals surface area (Å²) in [5.41, 5.74) is 5.16. The largest absolute Gasteiger partial charge is 0.419 e. The van der Waals surface area contributed by atoms with Crippen molar-refractivity contribution in [1.82, 2.24) is 5.16 Å².